The van der Waals surface area contributed by atoms with Gasteiger partial charge in [0.15, 0.2) is 5.89 Å². The van der Waals surface area contributed by atoms with Gasteiger partial charge >= 0.3 is 0 Å². The van der Waals surface area contributed by atoms with E-state index in [4.69, 9.17) is 4.42 Å². The van der Waals surface area contributed by atoms with E-state index in [-0.39, 0.29) is 0 Å². The van der Waals surface area contributed by atoms with E-state index in [1.807, 2.05) is 13.0 Å². The average Bonchev–Trinajstić information content (AvgIpc) is 2.63. The fraction of sp³-hybridized carbons (Fsp3) is 0.250. The standard InChI is InChI=1S/C12H13NO/c1-10-9-14-12(13-10)8-7-11-5-3-2-4-6-11/h2-6,9H,7-8H2,1H3. The van der Waals surface area contributed by atoms with Crippen molar-refractivity contribution >= 4 is 0 Å². The molecule has 1 heterocycles. The van der Waals surface area contributed by atoms with Gasteiger partial charge in [-0.3, -0.25) is 0 Å². The Morgan fingerprint density at radius 2 is 1.93 bits per heavy atom. The van der Waals surface area contributed by atoms with Crippen LogP contribution in [0.5, 0.6) is 0 Å². The van der Waals surface area contributed by atoms with E-state index < -0.39 is 0 Å². The summed E-state index contributed by atoms with van der Waals surface area (Å²) in [7, 11) is 0. The van der Waals surface area contributed by atoms with Crippen molar-refractivity contribution in [1.29, 1.82) is 0 Å². The zero-order chi connectivity index (χ0) is 9.80. The van der Waals surface area contributed by atoms with Gasteiger partial charge in [0.2, 0.25) is 0 Å². The Bertz CT molecular complexity index is 392. The Morgan fingerprint density at radius 3 is 2.57 bits per heavy atom. The molecule has 0 fully saturated rings. The summed E-state index contributed by atoms with van der Waals surface area (Å²) in [5.74, 6) is 0.825. The lowest BCUT2D eigenvalue weighted by Gasteiger charge is -1.96. The van der Waals surface area contributed by atoms with Crippen molar-refractivity contribution in [3.05, 3.63) is 53.7 Å². The zero-order valence-electron chi connectivity index (χ0n) is 8.23. The highest BCUT2D eigenvalue weighted by Gasteiger charge is 2.00. The highest BCUT2D eigenvalue weighted by Crippen LogP contribution is 2.06. The lowest BCUT2D eigenvalue weighted by Crippen LogP contribution is -1.90. The van der Waals surface area contributed by atoms with Crippen molar-refractivity contribution in [1.82, 2.24) is 4.98 Å². The maximum Gasteiger partial charge on any atom is 0.194 e. The summed E-state index contributed by atoms with van der Waals surface area (Å²) in [6, 6.07) is 10.4. The normalized spacial score (nSPS) is 10.4. The maximum absolute atomic E-state index is 5.27. The first kappa shape index (κ1) is 9.00. The van der Waals surface area contributed by atoms with Gasteiger partial charge in [-0.15, -0.1) is 0 Å². The predicted molar refractivity (Wildman–Crippen MR) is 55.1 cm³/mol. The first-order valence-electron chi connectivity index (χ1n) is 4.79. The van der Waals surface area contributed by atoms with Crippen LogP contribution in [-0.2, 0) is 12.8 Å². The monoisotopic (exact) mass is 187 g/mol. The Hall–Kier alpha value is -1.57. The SMILES string of the molecule is Cc1coc(CCc2ccccc2)n1. The smallest absolute Gasteiger partial charge is 0.194 e. The predicted octanol–water partition coefficient (Wildman–Crippen LogP) is 2.77. The Kier molecular flexibility index (Phi) is 2.63. The van der Waals surface area contributed by atoms with E-state index in [9.17, 15) is 0 Å². The first-order chi connectivity index (χ1) is 6.84. The molecule has 72 valence electrons. The molecule has 0 saturated carbocycles. The van der Waals surface area contributed by atoms with Crippen LogP contribution in [0.3, 0.4) is 0 Å². The van der Waals surface area contributed by atoms with E-state index in [0.717, 1.165) is 24.4 Å². The third-order valence-corrected chi connectivity index (χ3v) is 2.14. The molecule has 0 aliphatic carbocycles. The molecule has 2 heteroatoms. The molecule has 0 N–H and O–H groups in total. The van der Waals surface area contributed by atoms with E-state index in [0.29, 0.717) is 0 Å². The van der Waals surface area contributed by atoms with Crippen LogP contribution in [0.1, 0.15) is 17.1 Å². The fourth-order valence-corrected chi connectivity index (χ4v) is 1.41. The van der Waals surface area contributed by atoms with Gasteiger partial charge in [0.05, 0.1) is 5.69 Å². The van der Waals surface area contributed by atoms with Gasteiger partial charge in [-0.25, -0.2) is 4.98 Å². The quantitative estimate of drug-likeness (QED) is 0.738. The minimum absolute atomic E-state index is 0.825. The molecule has 0 aliphatic rings. The molecule has 0 bridgehead atoms. The number of aromatic nitrogens is 1. The Labute approximate surface area is 83.6 Å². The molecule has 0 amide bonds. The van der Waals surface area contributed by atoms with Gasteiger partial charge in [0, 0.05) is 6.42 Å². The van der Waals surface area contributed by atoms with Crippen molar-refractivity contribution in [3.8, 4) is 0 Å². The van der Waals surface area contributed by atoms with Gasteiger partial charge in [0.1, 0.15) is 6.26 Å². The summed E-state index contributed by atoms with van der Waals surface area (Å²) in [5.41, 5.74) is 2.27. The van der Waals surface area contributed by atoms with Crippen LogP contribution in [-0.4, -0.2) is 4.98 Å². The first-order valence-corrected chi connectivity index (χ1v) is 4.79. The number of oxazole rings is 1. The second-order valence-corrected chi connectivity index (χ2v) is 3.37. The molecule has 2 rings (SSSR count). The lowest BCUT2D eigenvalue weighted by atomic mass is 10.1. The van der Waals surface area contributed by atoms with Gasteiger partial charge < -0.3 is 4.42 Å². The highest BCUT2D eigenvalue weighted by molar-refractivity contribution is 5.15. The van der Waals surface area contributed by atoms with Gasteiger partial charge in [-0.1, -0.05) is 30.3 Å². The molecular formula is C12H13NO. The molecule has 1 aromatic heterocycles. The summed E-state index contributed by atoms with van der Waals surface area (Å²) in [6.07, 6.45) is 3.55. The van der Waals surface area contributed by atoms with Crippen LogP contribution < -0.4 is 0 Å². The maximum atomic E-state index is 5.27. The van der Waals surface area contributed by atoms with Crippen LogP contribution in [0.25, 0.3) is 0 Å². The van der Waals surface area contributed by atoms with E-state index in [1.165, 1.54) is 5.56 Å². The van der Waals surface area contributed by atoms with Gasteiger partial charge in [-0.05, 0) is 18.9 Å². The molecule has 0 aliphatic heterocycles. The van der Waals surface area contributed by atoms with Crippen molar-refractivity contribution in [2.24, 2.45) is 0 Å². The van der Waals surface area contributed by atoms with E-state index in [2.05, 4.69) is 29.2 Å². The Balaban J connectivity index is 1.95. The third-order valence-electron chi connectivity index (χ3n) is 2.14. The molecule has 14 heavy (non-hydrogen) atoms. The van der Waals surface area contributed by atoms with Crippen LogP contribution in [0.2, 0.25) is 0 Å². The number of hydrogen-bond acceptors (Lipinski definition) is 2. The van der Waals surface area contributed by atoms with Crippen LogP contribution in [0, 0.1) is 6.92 Å². The zero-order valence-corrected chi connectivity index (χ0v) is 8.23. The van der Waals surface area contributed by atoms with Crippen molar-refractivity contribution < 1.29 is 4.42 Å². The fourth-order valence-electron chi connectivity index (χ4n) is 1.41. The van der Waals surface area contributed by atoms with Crippen LogP contribution in [0.15, 0.2) is 41.0 Å². The van der Waals surface area contributed by atoms with Crippen molar-refractivity contribution in [2.75, 3.05) is 0 Å². The summed E-state index contributed by atoms with van der Waals surface area (Å²) >= 11 is 0. The number of benzene rings is 1. The van der Waals surface area contributed by atoms with Crippen molar-refractivity contribution in [2.45, 2.75) is 19.8 Å². The number of aryl methyl sites for hydroxylation is 3. The summed E-state index contributed by atoms with van der Waals surface area (Å²) < 4.78 is 5.27. The molecular weight excluding hydrogens is 174 g/mol. The number of rotatable bonds is 3. The van der Waals surface area contributed by atoms with Crippen LogP contribution in [0.4, 0.5) is 0 Å². The molecule has 1 aromatic carbocycles. The molecule has 0 atom stereocenters. The largest absolute Gasteiger partial charge is 0.449 e. The highest BCUT2D eigenvalue weighted by atomic mass is 16.3. The summed E-state index contributed by atoms with van der Waals surface area (Å²) in [4.78, 5) is 4.26. The topological polar surface area (TPSA) is 26.0 Å². The van der Waals surface area contributed by atoms with Crippen LogP contribution >= 0.6 is 0 Å². The molecule has 2 aromatic rings. The second kappa shape index (κ2) is 4.09. The van der Waals surface area contributed by atoms with E-state index in [1.54, 1.807) is 6.26 Å². The summed E-state index contributed by atoms with van der Waals surface area (Å²) in [5, 5.41) is 0. The minimum atomic E-state index is 0.825. The molecule has 0 saturated heterocycles. The molecule has 0 spiro atoms. The third kappa shape index (κ3) is 2.22. The lowest BCUT2D eigenvalue weighted by molar-refractivity contribution is 0.493. The second-order valence-electron chi connectivity index (χ2n) is 3.37. The van der Waals surface area contributed by atoms with Gasteiger partial charge in [-0.2, -0.15) is 0 Å². The number of nitrogens with zero attached hydrogens (tertiary/aromatic N) is 1. The van der Waals surface area contributed by atoms with Crippen molar-refractivity contribution in [3.63, 3.8) is 0 Å². The molecule has 2 nitrogen and oxygen atoms in total. The van der Waals surface area contributed by atoms with E-state index >= 15 is 0 Å². The molecule has 0 unspecified atom stereocenters. The molecule has 0 radical (unpaired) electrons. The summed E-state index contributed by atoms with van der Waals surface area (Å²) in [6.45, 7) is 1.94. The Morgan fingerprint density at radius 1 is 1.14 bits per heavy atom. The average molecular weight is 187 g/mol. The van der Waals surface area contributed by atoms with Gasteiger partial charge in [0.25, 0.3) is 0 Å². The minimum Gasteiger partial charge on any atom is -0.449 e. The number of hydrogen-bond donors (Lipinski definition) is 0.